The van der Waals surface area contributed by atoms with Crippen molar-refractivity contribution in [2.24, 2.45) is 0 Å². The molecule has 0 heterocycles. The monoisotopic (exact) mass is 421 g/mol. The highest BCUT2D eigenvalue weighted by atomic mass is 16.5. The maximum Gasteiger partial charge on any atom is 0.185 e. The van der Waals surface area contributed by atoms with Gasteiger partial charge in [0.15, 0.2) is 5.78 Å². The molecule has 0 radical (unpaired) electrons. The maximum atomic E-state index is 12.8. The Labute approximate surface area is 187 Å². The van der Waals surface area contributed by atoms with Gasteiger partial charge in [0.1, 0.15) is 11.5 Å². The zero-order valence-corrected chi connectivity index (χ0v) is 19.1. The van der Waals surface area contributed by atoms with E-state index in [9.17, 15) is 4.79 Å². The molecule has 2 aromatic rings. The number of benzene rings is 2. The number of nitrogens with one attached hydrogen (secondary N) is 1. The molecule has 2 aromatic carbocycles. The van der Waals surface area contributed by atoms with Crippen molar-refractivity contribution < 1.29 is 14.3 Å². The molecule has 2 rings (SSSR count). The summed E-state index contributed by atoms with van der Waals surface area (Å²) in [6.07, 6.45) is 10.0. The number of hydrogen-bond donors (Lipinski definition) is 1. The highest BCUT2D eigenvalue weighted by Crippen LogP contribution is 2.35. The van der Waals surface area contributed by atoms with Crippen LogP contribution in [0.25, 0.3) is 6.08 Å². The minimum Gasteiger partial charge on any atom is -0.493 e. The maximum absolute atomic E-state index is 12.8. The van der Waals surface area contributed by atoms with E-state index in [4.69, 9.17) is 9.47 Å². The molecule has 166 valence electrons. The van der Waals surface area contributed by atoms with E-state index in [0.717, 1.165) is 54.0 Å². The van der Waals surface area contributed by atoms with E-state index in [1.54, 1.807) is 6.08 Å². The first-order valence-electron chi connectivity index (χ1n) is 11.2. The largest absolute Gasteiger partial charge is 0.493 e. The fourth-order valence-electron chi connectivity index (χ4n) is 3.10. The number of carbonyl (C=O) groups excluding carboxylic acids is 1. The molecule has 0 saturated heterocycles. The van der Waals surface area contributed by atoms with E-state index in [1.165, 1.54) is 0 Å². The number of rotatable bonds is 14. The summed E-state index contributed by atoms with van der Waals surface area (Å²) in [7, 11) is 1.85. The zero-order valence-electron chi connectivity index (χ0n) is 19.1. The Morgan fingerprint density at radius 2 is 1.68 bits per heavy atom. The third kappa shape index (κ3) is 7.32. The summed E-state index contributed by atoms with van der Waals surface area (Å²) < 4.78 is 12.2. The predicted octanol–water partition coefficient (Wildman–Crippen LogP) is 6.71. The molecule has 1 N–H and O–H groups in total. The van der Waals surface area contributed by atoms with Crippen LogP contribution in [0.15, 0.2) is 55.1 Å². The third-order valence-corrected chi connectivity index (χ3v) is 4.96. The molecule has 0 aromatic heterocycles. The topological polar surface area (TPSA) is 47.6 Å². The quantitative estimate of drug-likeness (QED) is 0.159. The summed E-state index contributed by atoms with van der Waals surface area (Å²) >= 11 is 0. The van der Waals surface area contributed by atoms with Gasteiger partial charge in [0.2, 0.25) is 0 Å². The van der Waals surface area contributed by atoms with Gasteiger partial charge in [-0.15, -0.1) is 6.58 Å². The van der Waals surface area contributed by atoms with E-state index < -0.39 is 0 Å². The number of ether oxygens (including phenoxy) is 2. The molecule has 0 atom stereocenters. The minimum absolute atomic E-state index is 0.0595. The second-order valence-electron chi connectivity index (χ2n) is 7.39. The van der Waals surface area contributed by atoms with E-state index in [1.807, 2.05) is 55.6 Å². The van der Waals surface area contributed by atoms with E-state index in [0.29, 0.717) is 25.2 Å². The number of anilines is 1. The highest BCUT2D eigenvalue weighted by Gasteiger charge is 2.14. The van der Waals surface area contributed by atoms with Crippen molar-refractivity contribution in [1.82, 2.24) is 0 Å². The standard InChI is InChI=1S/C27H35NO3/c1-5-8-19-30-26-18-13-22(10-7-3)27(31-20-9-6-2)24(26)16-17-25(29)21-11-14-23(28-4)15-12-21/h7,11-18,28H,3,5-6,8-10,19-20H2,1-2,4H3/b17-16+. The van der Waals surface area contributed by atoms with Crippen molar-refractivity contribution >= 4 is 17.5 Å². The van der Waals surface area contributed by atoms with Gasteiger partial charge >= 0.3 is 0 Å². The second-order valence-corrected chi connectivity index (χ2v) is 7.39. The van der Waals surface area contributed by atoms with Crippen molar-refractivity contribution in [2.75, 3.05) is 25.6 Å². The minimum atomic E-state index is -0.0595. The van der Waals surface area contributed by atoms with Crippen LogP contribution in [0.2, 0.25) is 0 Å². The Bertz CT molecular complexity index is 869. The van der Waals surface area contributed by atoms with Crippen molar-refractivity contribution in [3.63, 3.8) is 0 Å². The Morgan fingerprint density at radius 3 is 2.29 bits per heavy atom. The van der Waals surface area contributed by atoms with Crippen LogP contribution in [0.5, 0.6) is 11.5 Å². The molecule has 0 amide bonds. The number of ketones is 1. The molecule has 31 heavy (non-hydrogen) atoms. The van der Waals surface area contributed by atoms with Crippen molar-refractivity contribution in [3.8, 4) is 11.5 Å². The first kappa shape index (κ1) is 24.3. The molecule has 4 nitrogen and oxygen atoms in total. The van der Waals surface area contributed by atoms with Gasteiger partial charge in [-0.1, -0.05) is 38.8 Å². The molecule has 0 fully saturated rings. The highest BCUT2D eigenvalue weighted by molar-refractivity contribution is 6.07. The summed E-state index contributed by atoms with van der Waals surface area (Å²) in [6, 6.07) is 11.4. The van der Waals surface area contributed by atoms with E-state index >= 15 is 0 Å². The van der Waals surface area contributed by atoms with Crippen LogP contribution in [0.1, 0.15) is 61.0 Å². The van der Waals surface area contributed by atoms with Gasteiger partial charge in [0, 0.05) is 18.3 Å². The summed E-state index contributed by atoms with van der Waals surface area (Å²) in [5, 5.41) is 3.06. The van der Waals surface area contributed by atoms with Crippen LogP contribution < -0.4 is 14.8 Å². The first-order valence-corrected chi connectivity index (χ1v) is 11.2. The second kappa shape index (κ2) is 13.3. The first-order chi connectivity index (χ1) is 15.1. The van der Waals surface area contributed by atoms with Crippen molar-refractivity contribution in [1.29, 1.82) is 0 Å². The average molecular weight is 422 g/mol. The zero-order chi connectivity index (χ0) is 22.5. The summed E-state index contributed by atoms with van der Waals surface area (Å²) in [4.78, 5) is 12.8. The van der Waals surface area contributed by atoms with E-state index in [-0.39, 0.29) is 5.78 Å². The molecule has 0 spiro atoms. The van der Waals surface area contributed by atoms with Gasteiger partial charge in [0.25, 0.3) is 0 Å². The molecule has 0 aliphatic carbocycles. The average Bonchev–Trinajstić information content (AvgIpc) is 2.80. The molecule has 0 bridgehead atoms. The lowest BCUT2D eigenvalue weighted by Gasteiger charge is -2.17. The SMILES string of the molecule is C=CCc1ccc(OCCCC)c(/C=C/C(=O)c2ccc(NC)cc2)c1OCCCC. The number of carbonyl (C=O) groups is 1. The Kier molecular flexibility index (Phi) is 10.4. The van der Waals surface area contributed by atoms with Crippen LogP contribution in [0, 0.1) is 0 Å². The van der Waals surface area contributed by atoms with E-state index in [2.05, 4.69) is 25.7 Å². The molecule has 0 aliphatic heterocycles. The summed E-state index contributed by atoms with van der Waals surface area (Å²) in [5.74, 6) is 1.45. The van der Waals surface area contributed by atoms with Crippen LogP contribution in [-0.2, 0) is 6.42 Å². The van der Waals surface area contributed by atoms with Gasteiger partial charge in [-0.3, -0.25) is 4.79 Å². The van der Waals surface area contributed by atoms with Crippen LogP contribution in [-0.4, -0.2) is 26.0 Å². The third-order valence-electron chi connectivity index (χ3n) is 4.96. The smallest absolute Gasteiger partial charge is 0.185 e. The number of allylic oxidation sites excluding steroid dienone is 2. The lowest BCUT2D eigenvalue weighted by atomic mass is 10.0. The Balaban J connectivity index is 2.39. The predicted molar refractivity (Wildman–Crippen MR) is 131 cm³/mol. The van der Waals surface area contributed by atoms with Crippen molar-refractivity contribution in [3.05, 3.63) is 71.8 Å². The number of hydrogen-bond acceptors (Lipinski definition) is 4. The van der Waals surface area contributed by atoms with Gasteiger partial charge in [-0.2, -0.15) is 0 Å². The summed E-state index contributed by atoms with van der Waals surface area (Å²) in [5.41, 5.74) is 3.46. The van der Waals surface area contributed by atoms with Crippen molar-refractivity contribution in [2.45, 2.75) is 46.0 Å². The lowest BCUT2D eigenvalue weighted by molar-refractivity contribution is 0.104. The van der Waals surface area contributed by atoms with Crippen LogP contribution in [0.4, 0.5) is 5.69 Å². The van der Waals surface area contributed by atoms with Gasteiger partial charge in [-0.25, -0.2) is 0 Å². The molecule has 0 saturated carbocycles. The molecular weight excluding hydrogens is 386 g/mol. The number of unbranched alkanes of at least 4 members (excludes halogenated alkanes) is 2. The lowest BCUT2D eigenvalue weighted by Crippen LogP contribution is -2.05. The fourth-order valence-corrected chi connectivity index (χ4v) is 3.10. The van der Waals surface area contributed by atoms with Crippen LogP contribution >= 0.6 is 0 Å². The van der Waals surface area contributed by atoms with Crippen LogP contribution in [0.3, 0.4) is 0 Å². The molecular formula is C27H35NO3. The Hall–Kier alpha value is -3.01. The molecule has 0 unspecified atom stereocenters. The summed E-state index contributed by atoms with van der Waals surface area (Å²) in [6.45, 7) is 9.40. The molecule has 0 aliphatic rings. The van der Waals surface area contributed by atoms with Gasteiger partial charge in [-0.05, 0) is 67.3 Å². The normalized spacial score (nSPS) is 10.8. The van der Waals surface area contributed by atoms with Gasteiger partial charge in [0.05, 0.1) is 18.8 Å². The fraction of sp³-hybridized carbons (Fsp3) is 0.370. The Morgan fingerprint density at radius 1 is 1.00 bits per heavy atom. The molecule has 4 heteroatoms. The van der Waals surface area contributed by atoms with Gasteiger partial charge < -0.3 is 14.8 Å².